The fraction of sp³-hybridized carbons (Fsp3) is 0.417. The lowest BCUT2D eigenvalue weighted by Crippen LogP contribution is -2.38. The minimum absolute atomic E-state index is 0.230. The van der Waals surface area contributed by atoms with Crippen molar-refractivity contribution in [1.82, 2.24) is 0 Å². The number of carbonyl (C=O) groups excluding carboxylic acids is 1. The summed E-state index contributed by atoms with van der Waals surface area (Å²) in [4.78, 5) is 11.4. The quantitative estimate of drug-likeness (QED) is 0.803. The van der Waals surface area contributed by atoms with Gasteiger partial charge in [-0.2, -0.15) is 0 Å². The van der Waals surface area contributed by atoms with Gasteiger partial charge in [0.1, 0.15) is 12.1 Å². The van der Waals surface area contributed by atoms with Crippen molar-refractivity contribution in [3.05, 3.63) is 34.3 Å². The van der Waals surface area contributed by atoms with Crippen molar-refractivity contribution in [2.75, 3.05) is 6.61 Å². The van der Waals surface area contributed by atoms with Crippen LogP contribution >= 0.6 is 11.6 Å². The van der Waals surface area contributed by atoms with Crippen molar-refractivity contribution < 1.29 is 14.6 Å². The number of esters is 1. The molecule has 0 bridgehead atoms. The van der Waals surface area contributed by atoms with E-state index in [9.17, 15) is 9.90 Å². The molecule has 2 atom stereocenters. The van der Waals surface area contributed by atoms with Crippen LogP contribution in [0.25, 0.3) is 0 Å². The minimum Gasteiger partial charge on any atom is -0.465 e. The van der Waals surface area contributed by atoms with E-state index in [-0.39, 0.29) is 6.61 Å². The van der Waals surface area contributed by atoms with E-state index < -0.39 is 18.1 Å². The number of nitrogens with two attached hydrogens (primary N) is 1. The average Bonchev–Trinajstić information content (AvgIpc) is 2.31. The van der Waals surface area contributed by atoms with Crippen LogP contribution in [0, 0.1) is 6.92 Å². The third-order valence-corrected chi connectivity index (χ3v) is 2.84. The lowest BCUT2D eigenvalue weighted by molar-refractivity contribution is -0.147. The van der Waals surface area contributed by atoms with E-state index in [0.29, 0.717) is 10.6 Å². The van der Waals surface area contributed by atoms with Crippen molar-refractivity contribution >= 4 is 17.6 Å². The van der Waals surface area contributed by atoms with Crippen LogP contribution in [0.5, 0.6) is 0 Å². The van der Waals surface area contributed by atoms with Crippen molar-refractivity contribution in [2.45, 2.75) is 26.0 Å². The predicted octanol–water partition coefficient (Wildman–Crippen LogP) is 1.57. The van der Waals surface area contributed by atoms with Crippen molar-refractivity contribution in [3.63, 3.8) is 0 Å². The molecule has 1 aromatic rings. The maximum absolute atomic E-state index is 11.4. The molecule has 0 amide bonds. The van der Waals surface area contributed by atoms with Gasteiger partial charge in [-0.15, -0.1) is 0 Å². The highest BCUT2D eigenvalue weighted by Gasteiger charge is 2.25. The van der Waals surface area contributed by atoms with Gasteiger partial charge in [0.2, 0.25) is 0 Å². The van der Waals surface area contributed by atoms with Crippen LogP contribution in [0.3, 0.4) is 0 Å². The molecule has 0 aliphatic carbocycles. The Morgan fingerprint density at radius 1 is 1.59 bits per heavy atom. The summed E-state index contributed by atoms with van der Waals surface area (Å²) in [6.07, 6.45) is -1.12. The second kappa shape index (κ2) is 6.00. The number of hydrogen-bond acceptors (Lipinski definition) is 4. The highest BCUT2D eigenvalue weighted by atomic mass is 35.5. The summed E-state index contributed by atoms with van der Waals surface area (Å²) in [7, 11) is 0. The van der Waals surface area contributed by atoms with Crippen LogP contribution in [-0.4, -0.2) is 23.7 Å². The monoisotopic (exact) mass is 257 g/mol. The Bertz CT molecular complexity index is 409. The average molecular weight is 258 g/mol. The van der Waals surface area contributed by atoms with Gasteiger partial charge in [-0.3, -0.25) is 4.79 Å². The van der Waals surface area contributed by atoms with Gasteiger partial charge in [-0.1, -0.05) is 23.7 Å². The second-order valence-corrected chi connectivity index (χ2v) is 4.14. The Labute approximate surface area is 105 Å². The molecule has 0 fully saturated rings. The van der Waals surface area contributed by atoms with E-state index in [1.807, 2.05) is 6.92 Å². The van der Waals surface area contributed by atoms with Crippen LogP contribution in [0.2, 0.25) is 5.02 Å². The zero-order chi connectivity index (χ0) is 13.0. The second-order valence-electron chi connectivity index (χ2n) is 3.73. The topological polar surface area (TPSA) is 72.5 Å². The number of rotatable bonds is 4. The van der Waals surface area contributed by atoms with E-state index >= 15 is 0 Å². The summed E-state index contributed by atoms with van der Waals surface area (Å²) in [5, 5.41) is 10.4. The van der Waals surface area contributed by atoms with Gasteiger partial charge < -0.3 is 15.6 Å². The Hall–Kier alpha value is -1.10. The van der Waals surface area contributed by atoms with Crippen LogP contribution in [0.15, 0.2) is 18.2 Å². The molecule has 0 heterocycles. The van der Waals surface area contributed by atoms with E-state index in [0.717, 1.165) is 5.56 Å². The summed E-state index contributed by atoms with van der Waals surface area (Å²) in [6, 6.07) is 3.94. The van der Waals surface area contributed by atoms with E-state index in [4.69, 9.17) is 22.1 Å². The molecule has 94 valence electrons. The highest BCUT2D eigenvalue weighted by Crippen LogP contribution is 2.23. The molecule has 1 aromatic carbocycles. The number of aliphatic hydroxyl groups is 1. The molecule has 4 nitrogen and oxygen atoms in total. The molecule has 17 heavy (non-hydrogen) atoms. The molecular weight excluding hydrogens is 242 g/mol. The molecule has 2 unspecified atom stereocenters. The van der Waals surface area contributed by atoms with Crippen molar-refractivity contribution in [3.8, 4) is 0 Å². The number of aliphatic hydroxyl groups excluding tert-OH is 1. The third kappa shape index (κ3) is 3.43. The summed E-state index contributed by atoms with van der Waals surface area (Å²) in [6.45, 7) is 3.76. The minimum atomic E-state index is -1.12. The molecular formula is C12H16ClNO3. The number of ether oxygens (including phenoxy) is 1. The molecule has 0 aliphatic rings. The Morgan fingerprint density at radius 2 is 2.24 bits per heavy atom. The molecule has 1 rings (SSSR count). The van der Waals surface area contributed by atoms with Gasteiger partial charge >= 0.3 is 5.97 Å². The maximum Gasteiger partial charge on any atom is 0.325 e. The van der Waals surface area contributed by atoms with E-state index in [1.165, 1.54) is 0 Å². The summed E-state index contributed by atoms with van der Waals surface area (Å²) >= 11 is 5.94. The zero-order valence-electron chi connectivity index (χ0n) is 9.81. The van der Waals surface area contributed by atoms with Gasteiger partial charge in [0.05, 0.1) is 6.61 Å². The Balaban J connectivity index is 2.84. The first-order valence-corrected chi connectivity index (χ1v) is 5.71. The fourth-order valence-electron chi connectivity index (χ4n) is 1.37. The normalized spacial score (nSPS) is 14.2. The highest BCUT2D eigenvalue weighted by molar-refractivity contribution is 6.31. The smallest absolute Gasteiger partial charge is 0.325 e. The van der Waals surface area contributed by atoms with Crippen molar-refractivity contribution in [1.29, 1.82) is 0 Å². The predicted molar refractivity (Wildman–Crippen MR) is 65.8 cm³/mol. The largest absolute Gasteiger partial charge is 0.465 e. The fourth-order valence-corrected chi connectivity index (χ4v) is 1.56. The third-order valence-electron chi connectivity index (χ3n) is 2.44. The number of carbonyl (C=O) groups is 1. The standard InChI is InChI=1S/C12H16ClNO3/c1-3-17-12(16)10(14)11(15)8-5-4-7(2)9(13)6-8/h4-6,10-11,15H,3,14H2,1-2H3. The SMILES string of the molecule is CCOC(=O)C(N)C(O)c1ccc(C)c(Cl)c1. The van der Waals surface area contributed by atoms with Gasteiger partial charge in [-0.05, 0) is 31.0 Å². The molecule has 3 N–H and O–H groups in total. The summed E-state index contributed by atoms with van der Waals surface area (Å²) < 4.78 is 4.74. The van der Waals surface area contributed by atoms with Gasteiger partial charge in [-0.25, -0.2) is 0 Å². The lowest BCUT2D eigenvalue weighted by atomic mass is 10.0. The maximum atomic E-state index is 11.4. The van der Waals surface area contributed by atoms with E-state index in [2.05, 4.69) is 0 Å². The summed E-state index contributed by atoms with van der Waals surface area (Å²) in [5.41, 5.74) is 7.00. The molecule has 0 aliphatic heterocycles. The van der Waals surface area contributed by atoms with Crippen molar-refractivity contribution in [2.24, 2.45) is 5.73 Å². The zero-order valence-corrected chi connectivity index (χ0v) is 10.6. The van der Waals surface area contributed by atoms with Gasteiger partial charge in [0.25, 0.3) is 0 Å². The van der Waals surface area contributed by atoms with Gasteiger partial charge in [0.15, 0.2) is 0 Å². The number of aryl methyl sites for hydroxylation is 1. The van der Waals surface area contributed by atoms with Crippen LogP contribution < -0.4 is 5.73 Å². The molecule has 5 heteroatoms. The van der Waals surface area contributed by atoms with E-state index in [1.54, 1.807) is 25.1 Å². The Morgan fingerprint density at radius 3 is 2.76 bits per heavy atom. The number of hydrogen-bond donors (Lipinski definition) is 2. The summed E-state index contributed by atoms with van der Waals surface area (Å²) in [5.74, 6) is -0.628. The first kappa shape index (κ1) is 14.0. The molecule has 0 saturated carbocycles. The molecule has 0 radical (unpaired) electrons. The molecule has 0 saturated heterocycles. The van der Waals surface area contributed by atoms with Crippen LogP contribution in [0.1, 0.15) is 24.2 Å². The lowest BCUT2D eigenvalue weighted by Gasteiger charge is -2.18. The molecule has 0 aromatic heterocycles. The number of halogens is 1. The molecule has 0 spiro atoms. The first-order chi connectivity index (χ1) is 7.97. The van der Waals surface area contributed by atoms with Crippen LogP contribution in [0.4, 0.5) is 0 Å². The number of benzene rings is 1. The van der Waals surface area contributed by atoms with Crippen LogP contribution in [-0.2, 0) is 9.53 Å². The van der Waals surface area contributed by atoms with Gasteiger partial charge in [0, 0.05) is 5.02 Å². The Kier molecular flexibility index (Phi) is 4.93. The first-order valence-electron chi connectivity index (χ1n) is 5.33.